The van der Waals surface area contributed by atoms with Gasteiger partial charge in [0.05, 0.1) is 33.1 Å². The maximum atomic E-state index is 12.7. The number of sulfone groups is 1. The number of aromatic nitrogens is 2. The van der Waals surface area contributed by atoms with Crippen molar-refractivity contribution in [2.24, 2.45) is 0 Å². The van der Waals surface area contributed by atoms with Gasteiger partial charge in [0.2, 0.25) is 0 Å². The van der Waals surface area contributed by atoms with Crippen molar-refractivity contribution in [2.75, 3.05) is 23.7 Å². The van der Waals surface area contributed by atoms with E-state index in [-0.39, 0.29) is 17.7 Å². The lowest BCUT2D eigenvalue weighted by atomic mass is 10.0. The number of carbonyl (C=O) groups excluding carboxylic acids is 1. The molecule has 0 aliphatic carbocycles. The zero-order chi connectivity index (χ0) is 22.7. The molecule has 7 nitrogen and oxygen atoms in total. The Morgan fingerprint density at radius 1 is 1.12 bits per heavy atom. The van der Waals surface area contributed by atoms with E-state index >= 15 is 0 Å². The molecule has 1 aliphatic rings. The van der Waals surface area contributed by atoms with Gasteiger partial charge in [0, 0.05) is 31.0 Å². The minimum absolute atomic E-state index is 0.0714. The molecule has 1 amide bonds. The molecule has 1 aromatic heterocycles. The van der Waals surface area contributed by atoms with E-state index in [0.29, 0.717) is 15.5 Å². The summed E-state index contributed by atoms with van der Waals surface area (Å²) < 4.78 is 25.6. The van der Waals surface area contributed by atoms with Crippen LogP contribution in [0.2, 0.25) is 5.02 Å². The van der Waals surface area contributed by atoms with Crippen molar-refractivity contribution in [3.63, 3.8) is 0 Å². The first-order valence-electron chi connectivity index (χ1n) is 10.6. The minimum atomic E-state index is -3.19. The van der Waals surface area contributed by atoms with E-state index in [4.69, 9.17) is 11.6 Å². The first-order chi connectivity index (χ1) is 15.4. The van der Waals surface area contributed by atoms with Gasteiger partial charge in [-0.15, -0.1) is 0 Å². The molecule has 0 unspecified atom stereocenters. The zero-order valence-electron chi connectivity index (χ0n) is 17.7. The molecule has 4 rings (SSSR count). The molecular formula is C23H25ClN4O3S. The third kappa shape index (κ3) is 4.81. The number of piperidine rings is 1. The molecule has 32 heavy (non-hydrogen) atoms. The van der Waals surface area contributed by atoms with Crippen LogP contribution in [0, 0.1) is 0 Å². The van der Waals surface area contributed by atoms with Crippen LogP contribution in [-0.2, 0) is 9.84 Å². The molecule has 1 fully saturated rings. The SMILES string of the molecule is CCS(=O)(=O)c1ccc(N2CCC(NC(=O)c3cnn(-c4ccccc4Cl)c3)CC2)cc1. The Hall–Kier alpha value is -2.84. The summed E-state index contributed by atoms with van der Waals surface area (Å²) >= 11 is 6.21. The minimum Gasteiger partial charge on any atom is -0.371 e. The van der Waals surface area contributed by atoms with Crippen LogP contribution in [0.3, 0.4) is 0 Å². The van der Waals surface area contributed by atoms with E-state index in [1.165, 1.54) is 0 Å². The number of rotatable bonds is 6. The third-order valence-electron chi connectivity index (χ3n) is 5.72. The van der Waals surface area contributed by atoms with Crippen LogP contribution >= 0.6 is 11.6 Å². The van der Waals surface area contributed by atoms with Crippen LogP contribution in [0.25, 0.3) is 5.69 Å². The lowest BCUT2D eigenvalue weighted by Crippen LogP contribution is -2.44. The van der Waals surface area contributed by atoms with Crippen molar-refractivity contribution >= 4 is 33.0 Å². The van der Waals surface area contributed by atoms with Gasteiger partial charge in [-0.1, -0.05) is 30.7 Å². The molecule has 1 aliphatic heterocycles. The summed E-state index contributed by atoms with van der Waals surface area (Å²) in [5.74, 6) is -0.0646. The lowest BCUT2D eigenvalue weighted by molar-refractivity contribution is 0.0931. The number of nitrogens with zero attached hydrogens (tertiary/aromatic N) is 3. The van der Waals surface area contributed by atoms with E-state index in [1.54, 1.807) is 42.2 Å². The van der Waals surface area contributed by atoms with E-state index < -0.39 is 9.84 Å². The van der Waals surface area contributed by atoms with Gasteiger partial charge in [-0.2, -0.15) is 5.10 Å². The van der Waals surface area contributed by atoms with E-state index in [2.05, 4.69) is 15.3 Å². The largest absolute Gasteiger partial charge is 0.371 e. The highest BCUT2D eigenvalue weighted by Crippen LogP contribution is 2.23. The number of benzene rings is 2. The second-order valence-corrected chi connectivity index (χ2v) is 10.4. The van der Waals surface area contributed by atoms with Gasteiger partial charge < -0.3 is 10.2 Å². The number of nitrogens with one attached hydrogen (secondary N) is 1. The predicted molar refractivity (Wildman–Crippen MR) is 125 cm³/mol. The fraction of sp³-hybridized carbons (Fsp3) is 0.304. The number of hydrogen-bond donors (Lipinski definition) is 1. The molecule has 2 heterocycles. The summed E-state index contributed by atoms with van der Waals surface area (Å²) in [5, 5.41) is 7.92. The van der Waals surface area contributed by atoms with Crippen molar-refractivity contribution in [1.82, 2.24) is 15.1 Å². The highest BCUT2D eigenvalue weighted by Gasteiger charge is 2.22. The van der Waals surface area contributed by atoms with Gasteiger partial charge in [-0.3, -0.25) is 4.79 Å². The van der Waals surface area contributed by atoms with Crippen LogP contribution in [0.5, 0.6) is 0 Å². The van der Waals surface area contributed by atoms with Crippen LogP contribution in [0.15, 0.2) is 65.8 Å². The Labute approximate surface area is 192 Å². The summed E-state index contributed by atoms with van der Waals surface area (Å²) in [5.41, 5.74) is 2.20. The van der Waals surface area contributed by atoms with Gasteiger partial charge in [0.1, 0.15) is 0 Å². The first-order valence-corrected chi connectivity index (χ1v) is 12.6. The molecule has 0 radical (unpaired) electrons. The summed E-state index contributed by atoms with van der Waals surface area (Å²) in [6.45, 7) is 3.21. The normalized spacial score (nSPS) is 15.0. The second-order valence-electron chi connectivity index (χ2n) is 7.76. The summed E-state index contributed by atoms with van der Waals surface area (Å²) in [6.07, 6.45) is 4.83. The number of halogens is 1. The van der Waals surface area contributed by atoms with Crippen LogP contribution in [-0.4, -0.2) is 49.0 Å². The van der Waals surface area contributed by atoms with Crippen LogP contribution in [0.4, 0.5) is 5.69 Å². The molecule has 3 aromatic rings. The molecular weight excluding hydrogens is 448 g/mol. The molecule has 1 N–H and O–H groups in total. The number of para-hydroxylation sites is 1. The Morgan fingerprint density at radius 3 is 2.47 bits per heavy atom. The van der Waals surface area contributed by atoms with Crippen molar-refractivity contribution in [3.05, 3.63) is 71.5 Å². The van der Waals surface area contributed by atoms with E-state index in [0.717, 1.165) is 37.3 Å². The van der Waals surface area contributed by atoms with Crippen molar-refractivity contribution in [1.29, 1.82) is 0 Å². The topological polar surface area (TPSA) is 84.3 Å². The Kier molecular flexibility index (Phi) is 6.53. The summed E-state index contributed by atoms with van der Waals surface area (Å²) in [6, 6.07) is 14.4. The Morgan fingerprint density at radius 2 is 1.81 bits per heavy atom. The predicted octanol–water partition coefficient (Wildman–Crippen LogP) is 3.72. The third-order valence-corrected chi connectivity index (χ3v) is 7.79. The summed E-state index contributed by atoms with van der Waals surface area (Å²) in [7, 11) is -3.19. The van der Waals surface area contributed by atoms with Crippen molar-refractivity contribution in [2.45, 2.75) is 30.7 Å². The van der Waals surface area contributed by atoms with Gasteiger partial charge >= 0.3 is 0 Å². The second kappa shape index (κ2) is 9.34. The van der Waals surface area contributed by atoms with E-state index in [1.807, 2.05) is 30.3 Å². The Balaban J connectivity index is 1.33. The van der Waals surface area contributed by atoms with Gasteiger partial charge in [0.25, 0.3) is 5.91 Å². The van der Waals surface area contributed by atoms with E-state index in [9.17, 15) is 13.2 Å². The average Bonchev–Trinajstić information content (AvgIpc) is 3.30. The van der Waals surface area contributed by atoms with Crippen molar-refractivity contribution in [3.8, 4) is 5.69 Å². The average molecular weight is 473 g/mol. The van der Waals surface area contributed by atoms with Crippen LogP contribution < -0.4 is 10.2 Å². The molecule has 2 aromatic carbocycles. The molecule has 9 heteroatoms. The van der Waals surface area contributed by atoms with Gasteiger partial charge in [-0.25, -0.2) is 13.1 Å². The standard InChI is InChI=1S/C23H25ClN4O3S/c1-2-32(30,31)20-9-7-19(8-10-20)27-13-11-18(12-14-27)26-23(29)17-15-25-28(16-17)22-6-4-3-5-21(22)24/h3-10,15-16,18H,2,11-14H2,1H3,(H,26,29). The smallest absolute Gasteiger partial charge is 0.254 e. The fourth-order valence-electron chi connectivity index (χ4n) is 3.79. The Bertz CT molecular complexity index is 1200. The lowest BCUT2D eigenvalue weighted by Gasteiger charge is -2.34. The maximum Gasteiger partial charge on any atom is 0.254 e. The fourth-order valence-corrected chi connectivity index (χ4v) is 4.90. The maximum absolute atomic E-state index is 12.7. The number of anilines is 1. The number of carbonyl (C=O) groups is 1. The highest BCUT2D eigenvalue weighted by molar-refractivity contribution is 7.91. The monoisotopic (exact) mass is 472 g/mol. The molecule has 1 saturated heterocycles. The highest BCUT2D eigenvalue weighted by atomic mass is 35.5. The number of amides is 1. The summed E-state index contributed by atoms with van der Waals surface area (Å²) in [4.78, 5) is 15.2. The molecule has 168 valence electrons. The van der Waals surface area contributed by atoms with Crippen molar-refractivity contribution < 1.29 is 13.2 Å². The molecule has 0 spiro atoms. The van der Waals surface area contributed by atoms with Gasteiger partial charge in [-0.05, 0) is 49.2 Å². The zero-order valence-corrected chi connectivity index (χ0v) is 19.3. The van der Waals surface area contributed by atoms with Gasteiger partial charge in [0.15, 0.2) is 9.84 Å². The quantitative estimate of drug-likeness (QED) is 0.591. The molecule has 0 saturated carbocycles. The molecule has 0 bridgehead atoms. The number of hydrogen-bond acceptors (Lipinski definition) is 5. The first kappa shape index (κ1) is 22.4. The molecule has 0 atom stereocenters. The van der Waals surface area contributed by atoms with Crippen LogP contribution in [0.1, 0.15) is 30.1 Å².